The van der Waals surface area contributed by atoms with Gasteiger partial charge in [0.2, 0.25) is 0 Å². The maximum atomic E-state index is 14.1. The second-order valence-electron chi connectivity index (χ2n) is 13.5. The summed E-state index contributed by atoms with van der Waals surface area (Å²) in [4.78, 5) is 0. The van der Waals surface area contributed by atoms with Gasteiger partial charge >= 0.3 is 12.4 Å². The topological polar surface area (TPSA) is 33.6 Å². The molecule has 8 aromatic rings. The summed E-state index contributed by atoms with van der Waals surface area (Å²) in [6.07, 6.45) is -10.1. The Labute approximate surface area is 294 Å². The number of nitriles is 1. The second-order valence-corrected chi connectivity index (χ2v) is 13.5. The molecule has 0 aliphatic carbocycles. The van der Waals surface area contributed by atoms with Crippen molar-refractivity contribution < 1.29 is 26.3 Å². The predicted molar refractivity (Wildman–Crippen MR) is 194 cm³/mol. The monoisotopic (exact) mass is 701 g/mol. The fraction of sp³-hybridized carbons (Fsp3) is 0.140. The van der Waals surface area contributed by atoms with Gasteiger partial charge in [-0.25, -0.2) is 0 Å². The molecule has 0 spiro atoms. The average Bonchev–Trinajstić information content (AvgIpc) is 3.56. The molecular formula is C43H29F6N3. The van der Waals surface area contributed by atoms with E-state index in [1.165, 1.54) is 0 Å². The SMILES string of the molecule is Cc1ccc2c3ccc(C)cc3n(-c3cc(C#N)c(-c4cc(C(F)(F)F)cc(C(F)(F)F)c4)cc3-n3c4cc(C)ccc4c4ccc(C)cc43)c2c1. The van der Waals surface area contributed by atoms with Gasteiger partial charge in [-0.1, -0.05) is 48.5 Å². The Morgan fingerprint density at radius 2 is 0.808 bits per heavy atom. The van der Waals surface area contributed by atoms with Crippen LogP contribution in [0, 0.1) is 39.0 Å². The van der Waals surface area contributed by atoms with Gasteiger partial charge in [-0.3, -0.25) is 0 Å². The summed E-state index contributed by atoms with van der Waals surface area (Å²) in [5.74, 6) is 0. The van der Waals surface area contributed by atoms with Gasteiger partial charge in [0.25, 0.3) is 0 Å². The first-order valence-corrected chi connectivity index (χ1v) is 16.5. The molecule has 0 radical (unpaired) electrons. The Balaban J connectivity index is 1.59. The zero-order valence-corrected chi connectivity index (χ0v) is 28.4. The number of fused-ring (bicyclic) bond motifs is 6. The molecule has 52 heavy (non-hydrogen) atoms. The molecule has 0 saturated heterocycles. The van der Waals surface area contributed by atoms with Crippen LogP contribution in [0.25, 0.3) is 66.1 Å². The highest BCUT2D eigenvalue weighted by Gasteiger charge is 2.37. The highest BCUT2D eigenvalue weighted by atomic mass is 19.4. The number of rotatable bonds is 3. The lowest BCUT2D eigenvalue weighted by atomic mass is 9.94. The summed E-state index contributed by atoms with van der Waals surface area (Å²) in [5.41, 5.74) is 4.78. The number of alkyl halides is 6. The van der Waals surface area contributed by atoms with E-state index in [1.54, 1.807) is 12.1 Å². The molecular weight excluding hydrogens is 672 g/mol. The summed E-state index contributed by atoms with van der Waals surface area (Å²) < 4.78 is 88.8. The standard InChI is InChI=1S/C43H29F6N3/c1-23-5-9-31-32-10-6-24(2)14-37(32)51(36(31)13-23)40-19-28(22-50)35(27-17-29(42(44,45)46)20-30(18-27)43(47,48)49)21-41(40)52-38-15-25(3)7-11-33(38)34-12-8-26(4)16-39(34)52/h5-21H,1-4H3. The molecule has 0 saturated carbocycles. The molecule has 258 valence electrons. The van der Waals surface area contributed by atoms with Gasteiger partial charge in [-0.2, -0.15) is 31.6 Å². The smallest absolute Gasteiger partial charge is 0.307 e. The Hall–Kier alpha value is -6.01. The zero-order valence-electron chi connectivity index (χ0n) is 28.4. The van der Waals surface area contributed by atoms with Crippen LogP contribution in [-0.4, -0.2) is 9.13 Å². The minimum atomic E-state index is -5.06. The van der Waals surface area contributed by atoms with Crippen LogP contribution >= 0.6 is 0 Å². The molecule has 9 heteroatoms. The van der Waals surface area contributed by atoms with Gasteiger partial charge in [0.1, 0.15) is 0 Å². The number of benzene rings is 6. The Morgan fingerprint density at radius 3 is 1.13 bits per heavy atom. The molecule has 8 rings (SSSR count). The number of hydrogen-bond donors (Lipinski definition) is 0. The second kappa shape index (κ2) is 11.5. The largest absolute Gasteiger partial charge is 0.416 e. The van der Waals surface area contributed by atoms with Crippen molar-refractivity contribution in [3.63, 3.8) is 0 Å². The Morgan fingerprint density at radius 1 is 0.462 bits per heavy atom. The normalized spacial score (nSPS) is 12.4. The van der Waals surface area contributed by atoms with E-state index in [1.807, 2.05) is 110 Å². The van der Waals surface area contributed by atoms with Gasteiger partial charge in [0.05, 0.1) is 56.2 Å². The third kappa shape index (κ3) is 5.29. The van der Waals surface area contributed by atoms with E-state index in [4.69, 9.17) is 0 Å². The van der Waals surface area contributed by atoms with Crippen molar-refractivity contribution in [3.8, 4) is 28.6 Å². The fourth-order valence-corrected chi connectivity index (χ4v) is 7.37. The number of halogens is 6. The lowest BCUT2D eigenvalue weighted by molar-refractivity contribution is -0.143. The van der Waals surface area contributed by atoms with E-state index in [0.29, 0.717) is 23.5 Å². The van der Waals surface area contributed by atoms with E-state index in [-0.39, 0.29) is 22.8 Å². The fourth-order valence-electron chi connectivity index (χ4n) is 7.37. The number of aryl methyl sites for hydroxylation is 4. The van der Waals surface area contributed by atoms with Crippen molar-refractivity contribution in [2.75, 3.05) is 0 Å². The molecule has 0 aliphatic rings. The van der Waals surface area contributed by atoms with Crippen LogP contribution in [0.1, 0.15) is 38.9 Å². The van der Waals surface area contributed by atoms with Gasteiger partial charge in [-0.05, 0) is 110 Å². The van der Waals surface area contributed by atoms with Crippen LogP contribution in [0.4, 0.5) is 26.3 Å². The first kappa shape index (κ1) is 33.2. The van der Waals surface area contributed by atoms with Crippen LogP contribution in [0.5, 0.6) is 0 Å². The Bertz CT molecular complexity index is 2670. The molecule has 0 fully saturated rings. The van der Waals surface area contributed by atoms with Gasteiger partial charge in [-0.15, -0.1) is 0 Å². The van der Waals surface area contributed by atoms with E-state index >= 15 is 0 Å². The first-order valence-electron chi connectivity index (χ1n) is 16.5. The van der Waals surface area contributed by atoms with E-state index in [0.717, 1.165) is 65.9 Å². The highest BCUT2D eigenvalue weighted by Crippen LogP contribution is 2.44. The summed E-state index contributed by atoms with van der Waals surface area (Å²) in [6.45, 7) is 7.86. The van der Waals surface area contributed by atoms with Gasteiger partial charge in [0, 0.05) is 27.1 Å². The molecule has 6 aromatic carbocycles. The minimum Gasteiger partial charge on any atom is -0.307 e. The summed E-state index contributed by atoms with van der Waals surface area (Å²) >= 11 is 0. The maximum Gasteiger partial charge on any atom is 0.416 e. The summed E-state index contributed by atoms with van der Waals surface area (Å²) in [5, 5.41) is 14.4. The van der Waals surface area contributed by atoms with Crippen molar-refractivity contribution in [1.29, 1.82) is 5.26 Å². The lowest BCUT2D eigenvalue weighted by Crippen LogP contribution is -2.11. The van der Waals surface area contributed by atoms with Crippen molar-refractivity contribution in [2.24, 2.45) is 0 Å². The molecule has 3 nitrogen and oxygen atoms in total. The van der Waals surface area contributed by atoms with Crippen molar-refractivity contribution in [2.45, 2.75) is 40.0 Å². The number of nitrogens with zero attached hydrogens (tertiary/aromatic N) is 3. The molecule has 2 aromatic heterocycles. The maximum absolute atomic E-state index is 14.1. The van der Waals surface area contributed by atoms with Crippen LogP contribution in [0.15, 0.2) is 103 Å². The quantitative estimate of drug-likeness (QED) is 0.169. The van der Waals surface area contributed by atoms with E-state index in [9.17, 15) is 31.6 Å². The van der Waals surface area contributed by atoms with E-state index in [2.05, 4.69) is 6.07 Å². The van der Waals surface area contributed by atoms with Crippen molar-refractivity contribution in [3.05, 3.63) is 142 Å². The van der Waals surface area contributed by atoms with Gasteiger partial charge in [0.15, 0.2) is 0 Å². The number of hydrogen-bond acceptors (Lipinski definition) is 1. The van der Waals surface area contributed by atoms with Gasteiger partial charge < -0.3 is 9.13 Å². The third-order valence-corrected chi connectivity index (χ3v) is 9.77. The molecule has 0 unspecified atom stereocenters. The molecule has 0 atom stereocenters. The Kier molecular flexibility index (Phi) is 7.33. The third-order valence-electron chi connectivity index (χ3n) is 9.77. The zero-order chi connectivity index (χ0) is 36.9. The molecule has 2 heterocycles. The molecule has 0 N–H and O–H groups in total. The molecule has 0 amide bonds. The number of aromatic nitrogens is 2. The minimum absolute atomic E-state index is 0.0544. The summed E-state index contributed by atoms with van der Waals surface area (Å²) in [6, 6.07) is 31.0. The highest BCUT2D eigenvalue weighted by molar-refractivity contribution is 6.12. The summed E-state index contributed by atoms with van der Waals surface area (Å²) in [7, 11) is 0. The van der Waals surface area contributed by atoms with Crippen molar-refractivity contribution in [1.82, 2.24) is 9.13 Å². The molecule has 0 bridgehead atoms. The van der Waals surface area contributed by atoms with Crippen LogP contribution in [0.2, 0.25) is 0 Å². The van der Waals surface area contributed by atoms with Crippen LogP contribution in [-0.2, 0) is 12.4 Å². The van der Waals surface area contributed by atoms with E-state index < -0.39 is 23.5 Å². The average molecular weight is 702 g/mol. The first-order chi connectivity index (χ1) is 24.6. The predicted octanol–water partition coefficient (Wildman–Crippen LogP) is 12.7. The van der Waals surface area contributed by atoms with Crippen LogP contribution < -0.4 is 0 Å². The van der Waals surface area contributed by atoms with Crippen LogP contribution in [0.3, 0.4) is 0 Å². The lowest BCUT2D eigenvalue weighted by Gasteiger charge is -2.21. The van der Waals surface area contributed by atoms with Crippen molar-refractivity contribution >= 4 is 43.6 Å². The molecule has 0 aliphatic heterocycles.